The van der Waals surface area contributed by atoms with Gasteiger partial charge in [0.05, 0.1) is 34.4 Å². The first-order valence-corrected chi connectivity index (χ1v) is 15.8. The van der Waals surface area contributed by atoms with E-state index in [2.05, 4.69) is 5.32 Å². The molecule has 2 aromatic carbocycles. The van der Waals surface area contributed by atoms with Gasteiger partial charge in [0, 0.05) is 45.1 Å². The Bertz CT molecular complexity index is 1580. The highest BCUT2D eigenvalue weighted by Gasteiger charge is 2.56. The van der Waals surface area contributed by atoms with Gasteiger partial charge in [-0.05, 0) is 62.3 Å². The van der Waals surface area contributed by atoms with Crippen LogP contribution in [0, 0.1) is 11.7 Å². The minimum atomic E-state index is -1.44. The number of fused-ring (bicyclic) bond motifs is 1. The van der Waals surface area contributed by atoms with Crippen molar-refractivity contribution in [1.29, 1.82) is 0 Å². The molecule has 6 rings (SSSR count). The Morgan fingerprint density at radius 1 is 1.07 bits per heavy atom. The summed E-state index contributed by atoms with van der Waals surface area (Å²) in [5, 5.41) is 12.8. The number of carbonyl (C=O) groups excluding carboxylic acids is 2. The number of carboxylic acids is 1. The molecule has 1 atom stereocenters. The molecular formula is C33H37ClFN3O7. The predicted octanol–water partition coefficient (Wildman–Crippen LogP) is 5.33. The number of ether oxygens (including phenoxy) is 2. The van der Waals surface area contributed by atoms with E-state index in [1.165, 1.54) is 12.3 Å². The lowest BCUT2D eigenvalue weighted by Crippen LogP contribution is -2.74. The van der Waals surface area contributed by atoms with Crippen LogP contribution in [0.1, 0.15) is 54.4 Å². The van der Waals surface area contributed by atoms with E-state index < -0.39 is 29.5 Å². The van der Waals surface area contributed by atoms with Gasteiger partial charge in [0.25, 0.3) is 5.91 Å². The van der Waals surface area contributed by atoms with Gasteiger partial charge in [-0.15, -0.1) is 0 Å². The number of para-hydroxylation sites is 1. The van der Waals surface area contributed by atoms with E-state index in [9.17, 15) is 19.5 Å². The summed E-state index contributed by atoms with van der Waals surface area (Å²) >= 11 is 6.55. The molecule has 2 aliphatic heterocycles. The average molecular weight is 642 g/mol. The van der Waals surface area contributed by atoms with Gasteiger partial charge in [-0.25, -0.2) is 4.39 Å². The van der Waals surface area contributed by atoms with Gasteiger partial charge >= 0.3 is 5.97 Å². The van der Waals surface area contributed by atoms with Gasteiger partial charge in [-0.3, -0.25) is 24.2 Å². The number of carbonyl (C=O) groups is 3. The van der Waals surface area contributed by atoms with Crippen molar-refractivity contribution in [2.75, 3.05) is 38.6 Å². The lowest BCUT2D eigenvalue weighted by Gasteiger charge is -2.55. The minimum absolute atomic E-state index is 0.0625. The monoisotopic (exact) mass is 641 g/mol. The highest BCUT2D eigenvalue weighted by molar-refractivity contribution is 6.34. The van der Waals surface area contributed by atoms with Gasteiger partial charge in [-0.1, -0.05) is 29.8 Å². The summed E-state index contributed by atoms with van der Waals surface area (Å²) in [5.74, 6) is -4.20. The van der Waals surface area contributed by atoms with Crippen LogP contribution in [0.4, 0.5) is 10.1 Å². The van der Waals surface area contributed by atoms with Crippen LogP contribution < -0.4 is 5.32 Å². The van der Waals surface area contributed by atoms with Crippen molar-refractivity contribution in [1.82, 2.24) is 9.80 Å². The third-order valence-electron chi connectivity index (χ3n) is 9.32. The van der Waals surface area contributed by atoms with Gasteiger partial charge in [0.2, 0.25) is 5.85 Å². The van der Waals surface area contributed by atoms with E-state index in [1.54, 1.807) is 31.4 Å². The van der Waals surface area contributed by atoms with Crippen molar-refractivity contribution in [3.63, 3.8) is 0 Å². The first kappa shape index (κ1) is 31.6. The smallest absolute Gasteiger partial charge is 0.306 e. The molecule has 2 N–H and O–H groups in total. The summed E-state index contributed by atoms with van der Waals surface area (Å²) < 4.78 is 33.4. The summed E-state index contributed by atoms with van der Waals surface area (Å²) in [6.07, 6.45) is 4.43. The molecule has 0 radical (unpaired) electrons. The van der Waals surface area contributed by atoms with Crippen LogP contribution in [0.25, 0.3) is 11.0 Å². The SMILES string of the molecule is COC1CN(C(OC2CCC(C(=O)O)CC2)(C(=O)Cc2cc(Cl)c(NC(=O)c3coc4ccccc34)cc2F)N2CCCC2)C1. The molecule has 1 aromatic heterocycles. The zero-order valence-corrected chi connectivity index (χ0v) is 25.9. The first-order chi connectivity index (χ1) is 21.7. The second kappa shape index (κ2) is 13.2. The first-order valence-electron chi connectivity index (χ1n) is 15.4. The highest BCUT2D eigenvalue weighted by Crippen LogP contribution is 2.39. The molecule has 10 nitrogen and oxygen atoms in total. The standard InChI is InChI=1S/C33H37ClFN3O7/c1-43-23-17-38(18-23)33(37-12-4-5-13-37,45-22-10-8-20(9-11-22)32(41)42)30(39)15-21-14-26(34)28(16-27(21)35)36-31(40)25-19-44-29-7-3-2-6-24(25)29/h2-3,6-7,14,16,19-20,22-23H,4-5,8-13,15,17-18H2,1H3,(H,36,40)(H,41,42). The van der Waals surface area contributed by atoms with Crippen LogP contribution in [0.15, 0.2) is 47.1 Å². The van der Waals surface area contributed by atoms with E-state index in [1.807, 2.05) is 9.80 Å². The number of hydrogen-bond donors (Lipinski definition) is 2. The topological polar surface area (TPSA) is 122 Å². The van der Waals surface area contributed by atoms with E-state index in [4.69, 9.17) is 25.5 Å². The van der Waals surface area contributed by atoms with Crippen LogP contribution >= 0.6 is 11.6 Å². The van der Waals surface area contributed by atoms with Crippen molar-refractivity contribution in [2.24, 2.45) is 5.92 Å². The Morgan fingerprint density at radius 3 is 2.47 bits per heavy atom. The Morgan fingerprint density at radius 2 is 1.78 bits per heavy atom. The van der Waals surface area contributed by atoms with Gasteiger partial charge in [-0.2, -0.15) is 0 Å². The van der Waals surface area contributed by atoms with Crippen LogP contribution in [-0.4, -0.2) is 83.9 Å². The number of hydrogen-bond acceptors (Lipinski definition) is 8. The molecule has 2 saturated heterocycles. The maximum atomic E-state index is 15.7. The van der Waals surface area contributed by atoms with Crippen molar-refractivity contribution >= 4 is 45.9 Å². The number of rotatable bonds is 11. The van der Waals surface area contributed by atoms with E-state index >= 15 is 4.39 Å². The number of halogens is 2. The Labute approximate surface area is 265 Å². The number of Topliss-reactive ketones (excluding diaryl/α,β-unsaturated/α-hetero) is 1. The number of furan rings is 1. The van der Waals surface area contributed by atoms with Crippen LogP contribution in [0.5, 0.6) is 0 Å². The normalized spacial score (nSPS) is 22.6. The lowest BCUT2D eigenvalue weighted by atomic mass is 9.87. The highest BCUT2D eigenvalue weighted by atomic mass is 35.5. The van der Waals surface area contributed by atoms with E-state index in [0.29, 0.717) is 62.8 Å². The summed E-state index contributed by atoms with van der Waals surface area (Å²) in [4.78, 5) is 43.1. The van der Waals surface area contributed by atoms with E-state index in [-0.39, 0.29) is 46.2 Å². The molecule has 0 spiro atoms. The second-order valence-electron chi connectivity index (χ2n) is 12.1. The lowest BCUT2D eigenvalue weighted by molar-refractivity contribution is -0.282. The molecule has 3 aliphatic rings. The second-order valence-corrected chi connectivity index (χ2v) is 12.5. The minimum Gasteiger partial charge on any atom is -0.481 e. The number of methoxy groups -OCH3 is 1. The number of aliphatic carboxylic acids is 1. The third-order valence-corrected chi connectivity index (χ3v) is 9.64. The number of benzene rings is 2. The predicted molar refractivity (Wildman–Crippen MR) is 165 cm³/mol. The Kier molecular flexibility index (Phi) is 9.26. The van der Waals surface area contributed by atoms with Crippen LogP contribution in [0.3, 0.4) is 0 Å². The van der Waals surface area contributed by atoms with E-state index in [0.717, 1.165) is 18.9 Å². The molecule has 1 amide bonds. The largest absolute Gasteiger partial charge is 0.481 e. The van der Waals surface area contributed by atoms with Crippen molar-refractivity contribution in [3.8, 4) is 0 Å². The summed E-state index contributed by atoms with van der Waals surface area (Å²) in [5.41, 5.74) is 0.993. The maximum Gasteiger partial charge on any atom is 0.306 e. The zero-order valence-electron chi connectivity index (χ0n) is 25.1. The van der Waals surface area contributed by atoms with Gasteiger partial charge < -0.3 is 24.3 Å². The van der Waals surface area contributed by atoms with Crippen molar-refractivity contribution < 1.29 is 37.8 Å². The fraction of sp³-hybridized carbons (Fsp3) is 0.485. The molecular weight excluding hydrogens is 605 g/mol. The molecule has 1 unspecified atom stereocenters. The molecule has 12 heteroatoms. The molecule has 3 heterocycles. The van der Waals surface area contributed by atoms with Crippen molar-refractivity contribution in [2.45, 2.75) is 63.0 Å². The quantitative estimate of drug-likeness (QED) is 0.286. The number of amides is 1. The number of carboxylic acid groups (broad SMARTS) is 1. The maximum absolute atomic E-state index is 15.7. The van der Waals surface area contributed by atoms with Gasteiger partial charge in [0.15, 0.2) is 5.78 Å². The number of nitrogens with one attached hydrogen (secondary N) is 1. The Balaban J connectivity index is 1.25. The number of anilines is 1. The van der Waals surface area contributed by atoms with Gasteiger partial charge in [0.1, 0.15) is 17.7 Å². The molecule has 1 aliphatic carbocycles. The molecule has 3 aromatic rings. The number of likely N-dealkylation sites (tertiary alicyclic amines) is 2. The fourth-order valence-corrected chi connectivity index (χ4v) is 6.97. The third kappa shape index (κ3) is 6.24. The molecule has 3 fully saturated rings. The number of nitrogens with zero attached hydrogens (tertiary/aromatic N) is 2. The Hall–Kier alpha value is -3.35. The summed E-state index contributed by atoms with van der Waals surface area (Å²) in [7, 11) is 1.63. The fourth-order valence-electron chi connectivity index (χ4n) is 6.73. The molecule has 0 bridgehead atoms. The van der Waals surface area contributed by atoms with Crippen LogP contribution in [0.2, 0.25) is 5.02 Å². The number of ketones is 1. The summed E-state index contributed by atoms with van der Waals surface area (Å²) in [6.45, 7) is 2.22. The summed E-state index contributed by atoms with van der Waals surface area (Å²) in [6, 6.07) is 9.58. The zero-order chi connectivity index (χ0) is 31.7. The van der Waals surface area contributed by atoms with Crippen LogP contribution in [-0.2, 0) is 25.5 Å². The molecule has 240 valence electrons. The molecule has 1 saturated carbocycles. The molecule has 45 heavy (non-hydrogen) atoms. The average Bonchev–Trinajstić information content (AvgIpc) is 3.70. The van der Waals surface area contributed by atoms with Crippen molar-refractivity contribution in [3.05, 3.63) is 64.6 Å².